The van der Waals surface area contributed by atoms with E-state index in [1.54, 1.807) is 37.3 Å². The monoisotopic (exact) mass is 344 g/mol. The fraction of sp³-hybridized carbons (Fsp3) is 0.0455. The van der Waals surface area contributed by atoms with Crippen molar-refractivity contribution in [3.63, 3.8) is 0 Å². The molecule has 0 amide bonds. The lowest BCUT2D eigenvalue weighted by Gasteiger charge is -2.07. The number of rotatable bonds is 4. The third-order valence-corrected chi connectivity index (χ3v) is 3.95. The van der Waals surface area contributed by atoms with Gasteiger partial charge in [-0.15, -0.1) is 0 Å². The zero-order chi connectivity index (χ0) is 18.5. The van der Waals surface area contributed by atoms with E-state index in [1.807, 2.05) is 48.5 Å². The number of ether oxygens (including phenoxy) is 1. The van der Waals surface area contributed by atoms with Crippen LogP contribution in [0.4, 0.5) is 11.4 Å². The first kappa shape index (κ1) is 17.3. The largest absolute Gasteiger partial charge is 0.423 e. The Bertz CT molecular complexity index is 925. The Morgan fingerprint density at radius 3 is 1.77 bits per heavy atom. The van der Waals surface area contributed by atoms with Gasteiger partial charge in [-0.2, -0.15) is 0 Å². The van der Waals surface area contributed by atoms with E-state index < -0.39 is 0 Å². The van der Waals surface area contributed by atoms with Crippen LogP contribution in [0.2, 0.25) is 0 Å². The van der Waals surface area contributed by atoms with E-state index >= 15 is 0 Å². The molecule has 3 rings (SSSR count). The first-order valence-electron chi connectivity index (χ1n) is 8.23. The summed E-state index contributed by atoms with van der Waals surface area (Å²) in [4.78, 5) is 12.2. The Balaban J connectivity index is 1.69. The average molecular weight is 344 g/mol. The molecular weight excluding hydrogens is 324 g/mol. The molecule has 0 unspecified atom stereocenters. The van der Waals surface area contributed by atoms with Crippen LogP contribution in [0.1, 0.15) is 12.5 Å². The van der Waals surface area contributed by atoms with Crippen molar-refractivity contribution in [3.05, 3.63) is 83.9 Å². The van der Waals surface area contributed by atoms with Crippen LogP contribution in [0.25, 0.3) is 17.2 Å². The maximum Gasteiger partial charge on any atom is 0.339 e. The highest BCUT2D eigenvalue weighted by Gasteiger charge is 2.08. The average Bonchev–Trinajstić information content (AvgIpc) is 2.65. The molecule has 130 valence electrons. The lowest BCUT2D eigenvalue weighted by Crippen LogP contribution is -2.09. The van der Waals surface area contributed by atoms with Gasteiger partial charge in [0.1, 0.15) is 5.75 Å². The van der Waals surface area contributed by atoms with E-state index in [-0.39, 0.29) is 5.97 Å². The van der Waals surface area contributed by atoms with Crippen LogP contribution in [-0.2, 0) is 4.79 Å². The van der Waals surface area contributed by atoms with Crippen LogP contribution < -0.4 is 16.2 Å². The molecule has 0 aromatic heterocycles. The van der Waals surface area contributed by atoms with Crippen molar-refractivity contribution < 1.29 is 9.53 Å². The summed E-state index contributed by atoms with van der Waals surface area (Å²) in [5, 5.41) is 0. The van der Waals surface area contributed by atoms with E-state index in [2.05, 4.69) is 0 Å². The predicted molar refractivity (Wildman–Crippen MR) is 106 cm³/mol. The molecule has 26 heavy (non-hydrogen) atoms. The lowest BCUT2D eigenvalue weighted by atomic mass is 10.1. The van der Waals surface area contributed by atoms with Crippen molar-refractivity contribution in [3.8, 4) is 16.9 Å². The first-order chi connectivity index (χ1) is 12.5. The highest BCUT2D eigenvalue weighted by atomic mass is 16.5. The fourth-order valence-corrected chi connectivity index (χ4v) is 2.48. The Kier molecular flexibility index (Phi) is 5.04. The number of benzene rings is 3. The Labute approximate surface area is 152 Å². The maximum absolute atomic E-state index is 12.2. The minimum Gasteiger partial charge on any atom is -0.423 e. The smallest absolute Gasteiger partial charge is 0.339 e. The summed E-state index contributed by atoms with van der Waals surface area (Å²) in [5.41, 5.74) is 16.3. The van der Waals surface area contributed by atoms with E-state index in [1.165, 1.54) is 0 Å². The minimum absolute atomic E-state index is 0.387. The standard InChI is InChI=1S/C22H20N2O2/c1-15(14-16-2-8-19(23)9-3-16)22(25)26-21-12-6-18(7-13-21)17-4-10-20(24)11-5-17/h2-14H,23-24H2,1H3/b15-14+. The number of hydrogen-bond donors (Lipinski definition) is 2. The van der Waals surface area contributed by atoms with Gasteiger partial charge in [0.2, 0.25) is 0 Å². The summed E-state index contributed by atoms with van der Waals surface area (Å²) >= 11 is 0. The van der Waals surface area contributed by atoms with Gasteiger partial charge in [0.15, 0.2) is 0 Å². The second-order valence-electron chi connectivity index (χ2n) is 6.03. The molecule has 0 aliphatic heterocycles. The minimum atomic E-state index is -0.387. The van der Waals surface area contributed by atoms with Gasteiger partial charge < -0.3 is 16.2 Å². The van der Waals surface area contributed by atoms with Crippen molar-refractivity contribution in [1.82, 2.24) is 0 Å². The zero-order valence-corrected chi connectivity index (χ0v) is 14.5. The molecule has 3 aromatic carbocycles. The van der Waals surface area contributed by atoms with E-state index in [0.717, 1.165) is 22.4 Å². The molecule has 0 saturated carbocycles. The summed E-state index contributed by atoms with van der Waals surface area (Å²) in [7, 11) is 0. The van der Waals surface area contributed by atoms with Crippen LogP contribution in [-0.4, -0.2) is 5.97 Å². The SMILES string of the molecule is C/C(=C\c1ccc(N)cc1)C(=O)Oc1ccc(-c2ccc(N)cc2)cc1. The summed E-state index contributed by atoms with van der Waals surface area (Å²) in [6.07, 6.45) is 1.77. The number of nitrogens with two attached hydrogens (primary N) is 2. The van der Waals surface area contributed by atoms with E-state index in [9.17, 15) is 4.79 Å². The topological polar surface area (TPSA) is 78.3 Å². The van der Waals surface area contributed by atoms with Crippen molar-refractivity contribution >= 4 is 23.4 Å². The predicted octanol–water partition coefficient (Wildman–Crippen LogP) is 4.53. The highest BCUT2D eigenvalue weighted by molar-refractivity contribution is 5.94. The number of esters is 1. The Morgan fingerprint density at radius 2 is 1.23 bits per heavy atom. The van der Waals surface area contributed by atoms with Crippen LogP contribution in [0.15, 0.2) is 78.4 Å². The Hall–Kier alpha value is -3.53. The lowest BCUT2D eigenvalue weighted by molar-refractivity contribution is -0.130. The van der Waals surface area contributed by atoms with Gasteiger partial charge in [-0.05, 0) is 66.1 Å². The van der Waals surface area contributed by atoms with Crippen molar-refractivity contribution in [2.45, 2.75) is 6.92 Å². The van der Waals surface area contributed by atoms with Gasteiger partial charge in [0.25, 0.3) is 0 Å². The second kappa shape index (κ2) is 7.57. The van der Waals surface area contributed by atoms with Crippen LogP contribution in [0.3, 0.4) is 0 Å². The molecule has 0 atom stereocenters. The summed E-state index contributed by atoms with van der Waals surface area (Å²) in [5.74, 6) is 0.112. The van der Waals surface area contributed by atoms with Crippen LogP contribution in [0.5, 0.6) is 5.75 Å². The summed E-state index contributed by atoms with van der Waals surface area (Å²) in [6.45, 7) is 1.72. The van der Waals surface area contributed by atoms with Crippen LogP contribution in [0, 0.1) is 0 Å². The van der Waals surface area contributed by atoms with Gasteiger partial charge in [-0.3, -0.25) is 0 Å². The molecule has 0 aliphatic carbocycles. The summed E-state index contributed by atoms with van der Waals surface area (Å²) < 4.78 is 5.43. The second-order valence-corrected chi connectivity index (χ2v) is 6.03. The molecule has 4 N–H and O–H groups in total. The molecule has 0 fully saturated rings. The van der Waals surface area contributed by atoms with Crippen molar-refractivity contribution in [1.29, 1.82) is 0 Å². The molecule has 4 heteroatoms. The highest BCUT2D eigenvalue weighted by Crippen LogP contribution is 2.24. The van der Waals surface area contributed by atoms with Gasteiger partial charge in [0, 0.05) is 16.9 Å². The summed E-state index contributed by atoms with van der Waals surface area (Å²) in [6, 6.07) is 22.3. The molecular formula is C22H20N2O2. The maximum atomic E-state index is 12.2. The van der Waals surface area contributed by atoms with E-state index in [4.69, 9.17) is 16.2 Å². The third-order valence-electron chi connectivity index (χ3n) is 3.95. The zero-order valence-electron chi connectivity index (χ0n) is 14.5. The molecule has 0 aliphatic rings. The van der Waals surface area contributed by atoms with Gasteiger partial charge >= 0.3 is 5.97 Å². The number of nitrogen functional groups attached to an aromatic ring is 2. The molecule has 0 radical (unpaired) electrons. The fourth-order valence-electron chi connectivity index (χ4n) is 2.48. The van der Waals surface area contributed by atoms with Crippen LogP contribution >= 0.6 is 0 Å². The molecule has 0 spiro atoms. The number of anilines is 2. The molecule has 0 bridgehead atoms. The normalized spacial score (nSPS) is 11.2. The first-order valence-corrected chi connectivity index (χ1v) is 8.23. The molecule has 0 saturated heterocycles. The molecule has 0 heterocycles. The number of carbonyl (C=O) groups is 1. The Morgan fingerprint density at radius 1 is 0.769 bits per heavy atom. The molecule has 3 aromatic rings. The van der Waals surface area contributed by atoms with Gasteiger partial charge in [0.05, 0.1) is 0 Å². The quantitative estimate of drug-likeness (QED) is 0.315. The van der Waals surface area contributed by atoms with E-state index in [0.29, 0.717) is 17.0 Å². The third kappa shape index (κ3) is 4.30. The van der Waals surface area contributed by atoms with Gasteiger partial charge in [-0.1, -0.05) is 36.4 Å². The number of hydrogen-bond acceptors (Lipinski definition) is 4. The number of carbonyl (C=O) groups excluding carboxylic acids is 1. The van der Waals surface area contributed by atoms with Crippen molar-refractivity contribution in [2.75, 3.05) is 11.5 Å². The van der Waals surface area contributed by atoms with Gasteiger partial charge in [-0.25, -0.2) is 4.79 Å². The van der Waals surface area contributed by atoms with Crippen molar-refractivity contribution in [2.24, 2.45) is 0 Å². The molecule has 4 nitrogen and oxygen atoms in total.